The second-order valence-electron chi connectivity index (χ2n) is 4.66. The van der Waals surface area contributed by atoms with Crippen molar-refractivity contribution in [2.24, 2.45) is 5.41 Å². The molecule has 0 atom stereocenters. The Balaban J connectivity index is 2.08. The monoisotopic (exact) mass is 372 g/mol. The van der Waals surface area contributed by atoms with E-state index in [4.69, 9.17) is 10.00 Å². The number of rotatable bonds is 5. The van der Waals surface area contributed by atoms with Crippen molar-refractivity contribution >= 4 is 37.5 Å². The van der Waals surface area contributed by atoms with Gasteiger partial charge in [0.05, 0.1) is 23.3 Å². The molecule has 0 unspecified atom stereocenters. The molecule has 1 aliphatic rings. The summed E-state index contributed by atoms with van der Waals surface area (Å²) in [6.45, 7) is 0.837. The van der Waals surface area contributed by atoms with Gasteiger partial charge in [0, 0.05) is 28.9 Å². The third-order valence-corrected chi connectivity index (χ3v) is 4.58. The summed E-state index contributed by atoms with van der Waals surface area (Å²) < 4.78 is 7.18. The Morgan fingerprint density at radius 3 is 2.67 bits per heavy atom. The first kappa shape index (κ1) is 13.7. The summed E-state index contributed by atoms with van der Waals surface area (Å²) in [4.78, 5) is 0. The number of nitrogens with one attached hydrogen (secondary N) is 1. The second kappa shape index (κ2) is 5.50. The highest BCUT2D eigenvalue weighted by Crippen LogP contribution is 2.48. The predicted molar refractivity (Wildman–Crippen MR) is 78.8 cm³/mol. The average Bonchev–Trinajstić information content (AvgIpc) is 3.09. The summed E-state index contributed by atoms with van der Waals surface area (Å²) in [5.41, 5.74) is 1.19. The molecule has 18 heavy (non-hydrogen) atoms. The van der Waals surface area contributed by atoms with Crippen LogP contribution in [0, 0.1) is 16.7 Å². The molecule has 1 aromatic rings. The van der Waals surface area contributed by atoms with Crippen LogP contribution in [0.25, 0.3) is 0 Å². The van der Waals surface area contributed by atoms with Crippen LogP contribution >= 0.6 is 31.9 Å². The van der Waals surface area contributed by atoms with Gasteiger partial charge >= 0.3 is 0 Å². The lowest BCUT2D eigenvalue weighted by Gasteiger charge is -2.16. The minimum Gasteiger partial charge on any atom is -0.495 e. The Labute approximate surface area is 124 Å². The van der Waals surface area contributed by atoms with Gasteiger partial charge in [-0.15, -0.1) is 0 Å². The van der Waals surface area contributed by atoms with Crippen LogP contribution in [0.5, 0.6) is 5.75 Å². The number of hydrogen-bond acceptors (Lipinski definition) is 3. The van der Waals surface area contributed by atoms with Crippen molar-refractivity contribution in [2.75, 3.05) is 19.0 Å². The lowest BCUT2D eigenvalue weighted by atomic mass is 10.0. The SMILES string of the molecule is COc1cc(NCC2(CC#N)CC2)c(Br)cc1Br. The third kappa shape index (κ3) is 2.99. The molecule has 1 aromatic carbocycles. The maximum absolute atomic E-state index is 8.80. The second-order valence-corrected chi connectivity index (χ2v) is 6.36. The number of nitriles is 1. The maximum atomic E-state index is 8.80. The Morgan fingerprint density at radius 2 is 2.11 bits per heavy atom. The van der Waals surface area contributed by atoms with E-state index in [0.717, 1.165) is 39.8 Å². The number of nitrogens with zero attached hydrogens (tertiary/aromatic N) is 1. The van der Waals surface area contributed by atoms with Crippen molar-refractivity contribution in [3.8, 4) is 11.8 Å². The third-order valence-electron chi connectivity index (χ3n) is 3.31. The number of halogens is 2. The van der Waals surface area contributed by atoms with Crippen molar-refractivity contribution in [1.82, 2.24) is 0 Å². The molecule has 0 aromatic heterocycles. The highest BCUT2D eigenvalue weighted by atomic mass is 79.9. The Morgan fingerprint density at radius 1 is 1.39 bits per heavy atom. The minimum absolute atomic E-state index is 0.189. The highest BCUT2D eigenvalue weighted by Gasteiger charge is 2.42. The van der Waals surface area contributed by atoms with Crippen molar-refractivity contribution in [1.29, 1.82) is 5.26 Å². The van der Waals surface area contributed by atoms with Crippen molar-refractivity contribution < 1.29 is 4.74 Å². The molecule has 0 spiro atoms. The number of benzene rings is 1. The first-order valence-electron chi connectivity index (χ1n) is 5.74. The topological polar surface area (TPSA) is 45.0 Å². The van der Waals surface area contributed by atoms with Gasteiger partial charge in [0.1, 0.15) is 5.75 Å². The first-order chi connectivity index (χ1) is 8.60. The molecule has 1 aliphatic carbocycles. The van der Waals surface area contributed by atoms with Gasteiger partial charge in [0.2, 0.25) is 0 Å². The highest BCUT2D eigenvalue weighted by molar-refractivity contribution is 9.11. The molecule has 1 saturated carbocycles. The van der Waals surface area contributed by atoms with Gasteiger partial charge in [-0.1, -0.05) is 0 Å². The smallest absolute Gasteiger partial charge is 0.135 e. The van der Waals surface area contributed by atoms with Gasteiger partial charge in [-0.3, -0.25) is 0 Å². The van der Waals surface area contributed by atoms with Gasteiger partial charge in [-0.05, 0) is 50.8 Å². The van der Waals surface area contributed by atoms with E-state index >= 15 is 0 Å². The molecule has 96 valence electrons. The van der Waals surface area contributed by atoms with Gasteiger partial charge in [-0.2, -0.15) is 5.26 Å². The van der Waals surface area contributed by atoms with E-state index in [2.05, 4.69) is 43.2 Å². The fourth-order valence-corrected chi connectivity index (χ4v) is 3.16. The summed E-state index contributed by atoms with van der Waals surface area (Å²) in [6.07, 6.45) is 2.91. The van der Waals surface area contributed by atoms with E-state index in [1.165, 1.54) is 0 Å². The van der Waals surface area contributed by atoms with Crippen LogP contribution in [0.4, 0.5) is 5.69 Å². The van der Waals surface area contributed by atoms with Crippen LogP contribution in [0.2, 0.25) is 0 Å². The van der Waals surface area contributed by atoms with Crippen LogP contribution in [0.3, 0.4) is 0 Å². The first-order valence-corrected chi connectivity index (χ1v) is 7.33. The van der Waals surface area contributed by atoms with E-state index in [0.29, 0.717) is 6.42 Å². The Bertz CT molecular complexity index is 492. The van der Waals surface area contributed by atoms with E-state index in [-0.39, 0.29) is 5.41 Å². The molecule has 0 radical (unpaired) electrons. The van der Waals surface area contributed by atoms with Crippen molar-refractivity contribution in [3.05, 3.63) is 21.1 Å². The van der Waals surface area contributed by atoms with E-state index in [1.807, 2.05) is 12.1 Å². The standard InChI is InChI=1S/C13H14Br2N2O/c1-18-12-7-11(9(14)6-10(12)15)17-8-13(2-3-13)4-5-16/h6-7,17H,2-4,8H2,1H3. The summed E-state index contributed by atoms with van der Waals surface area (Å²) in [6, 6.07) is 6.19. The van der Waals surface area contributed by atoms with Crippen LogP contribution in [0.1, 0.15) is 19.3 Å². The van der Waals surface area contributed by atoms with Gasteiger partial charge in [-0.25, -0.2) is 0 Å². The zero-order chi connectivity index (χ0) is 13.2. The molecule has 2 rings (SSSR count). The molecule has 0 saturated heterocycles. The largest absolute Gasteiger partial charge is 0.495 e. The van der Waals surface area contributed by atoms with E-state index in [1.54, 1.807) is 7.11 Å². The summed E-state index contributed by atoms with van der Waals surface area (Å²) in [5, 5.41) is 12.2. The zero-order valence-corrected chi connectivity index (χ0v) is 13.3. The van der Waals surface area contributed by atoms with Gasteiger partial charge in [0.25, 0.3) is 0 Å². The Kier molecular flexibility index (Phi) is 4.18. The Hall–Kier alpha value is -0.730. The summed E-state index contributed by atoms with van der Waals surface area (Å²) in [7, 11) is 1.65. The van der Waals surface area contributed by atoms with Crippen LogP contribution in [-0.2, 0) is 0 Å². The normalized spacial score (nSPS) is 15.9. The molecule has 0 heterocycles. The number of anilines is 1. The fourth-order valence-electron chi connectivity index (χ4n) is 1.86. The van der Waals surface area contributed by atoms with E-state index < -0.39 is 0 Å². The van der Waals surface area contributed by atoms with Crippen LogP contribution in [-0.4, -0.2) is 13.7 Å². The van der Waals surface area contributed by atoms with Crippen molar-refractivity contribution in [2.45, 2.75) is 19.3 Å². The molecular formula is C13H14Br2N2O. The molecule has 1 fully saturated rings. The minimum atomic E-state index is 0.189. The van der Waals surface area contributed by atoms with Gasteiger partial charge in [0.15, 0.2) is 0 Å². The lowest BCUT2D eigenvalue weighted by molar-refractivity contribution is 0.412. The van der Waals surface area contributed by atoms with E-state index in [9.17, 15) is 0 Å². The van der Waals surface area contributed by atoms with Crippen molar-refractivity contribution in [3.63, 3.8) is 0 Å². The van der Waals surface area contributed by atoms with Gasteiger partial charge < -0.3 is 10.1 Å². The molecule has 5 heteroatoms. The lowest BCUT2D eigenvalue weighted by Crippen LogP contribution is -2.15. The van der Waals surface area contributed by atoms with Crippen LogP contribution < -0.4 is 10.1 Å². The number of methoxy groups -OCH3 is 1. The predicted octanol–water partition coefficient (Wildman–Crippen LogP) is 4.33. The molecule has 0 aliphatic heterocycles. The summed E-state index contributed by atoms with van der Waals surface area (Å²) >= 11 is 6.97. The fraction of sp³-hybridized carbons (Fsp3) is 0.462. The van der Waals surface area contributed by atoms with Crippen LogP contribution in [0.15, 0.2) is 21.1 Å². The molecular weight excluding hydrogens is 360 g/mol. The summed E-state index contributed by atoms with van der Waals surface area (Å²) in [5.74, 6) is 0.797. The molecule has 0 amide bonds. The number of hydrogen-bond donors (Lipinski definition) is 1. The zero-order valence-electron chi connectivity index (χ0n) is 10.1. The quantitative estimate of drug-likeness (QED) is 0.835. The maximum Gasteiger partial charge on any atom is 0.135 e. The molecule has 0 bridgehead atoms. The molecule has 1 N–H and O–H groups in total. The number of ether oxygens (including phenoxy) is 1. The molecule has 3 nitrogen and oxygen atoms in total. The average molecular weight is 374 g/mol.